The van der Waals surface area contributed by atoms with Crippen LogP contribution >= 0.6 is 23.4 Å². The number of carbonyl (C=O) groups is 1. The van der Waals surface area contributed by atoms with Crippen LogP contribution in [0.2, 0.25) is 0 Å². The molecule has 188 valence electrons. The van der Waals surface area contributed by atoms with Crippen molar-refractivity contribution in [2.24, 2.45) is 0 Å². The number of carbonyl (C=O) groups excluding carboxylic acids is 1. The zero-order valence-corrected chi connectivity index (χ0v) is 21.8. The van der Waals surface area contributed by atoms with Crippen molar-refractivity contribution in [1.29, 1.82) is 0 Å². The number of aromatic nitrogens is 1. The molecule has 0 bridgehead atoms. The highest BCUT2D eigenvalue weighted by Crippen LogP contribution is 2.50. The molecule has 1 aliphatic carbocycles. The summed E-state index contributed by atoms with van der Waals surface area (Å²) in [6.07, 6.45) is 9.54. The Morgan fingerprint density at radius 2 is 1.72 bits per heavy atom. The van der Waals surface area contributed by atoms with Crippen LogP contribution in [0.15, 0.2) is 59.8 Å². The van der Waals surface area contributed by atoms with E-state index in [2.05, 4.69) is 30.1 Å². The van der Waals surface area contributed by atoms with Crippen molar-refractivity contribution >= 4 is 29.3 Å². The highest BCUT2D eigenvalue weighted by atomic mass is 35.5. The highest BCUT2D eigenvalue weighted by molar-refractivity contribution is 8.01. The molecule has 1 aromatic heterocycles. The normalized spacial score (nSPS) is 19.8. The predicted octanol–water partition coefficient (Wildman–Crippen LogP) is 7.70. The number of fused-ring (bicyclic) bond motifs is 1. The van der Waals surface area contributed by atoms with E-state index in [0.717, 1.165) is 79.1 Å². The molecule has 1 fully saturated rings. The van der Waals surface area contributed by atoms with E-state index in [1.54, 1.807) is 12.4 Å². The quantitative estimate of drug-likeness (QED) is 0.308. The average molecular weight is 527 g/mol. The van der Waals surface area contributed by atoms with Crippen LogP contribution in [0.4, 0.5) is 8.78 Å². The highest BCUT2D eigenvalue weighted by Gasteiger charge is 2.43. The lowest BCUT2D eigenvalue weighted by Crippen LogP contribution is -2.45. The molecule has 7 heteroatoms. The van der Waals surface area contributed by atoms with E-state index in [1.165, 1.54) is 5.56 Å². The second-order valence-electron chi connectivity index (χ2n) is 9.54. The Balaban J connectivity index is 1.49. The molecule has 3 aromatic rings. The molecular weight excluding hydrogens is 498 g/mol. The Morgan fingerprint density at radius 1 is 1.00 bits per heavy atom. The maximum Gasteiger partial charge on any atom is 0.238 e. The smallest absolute Gasteiger partial charge is 0.238 e. The Kier molecular flexibility index (Phi) is 7.63. The summed E-state index contributed by atoms with van der Waals surface area (Å²) in [4.78, 5) is 20.3. The molecule has 2 aliphatic rings. The first-order valence-electron chi connectivity index (χ1n) is 12.6. The molecule has 2 atom stereocenters. The van der Waals surface area contributed by atoms with E-state index in [-0.39, 0.29) is 22.4 Å². The largest absolute Gasteiger partial charge is 0.334 e. The Labute approximate surface area is 220 Å². The molecule has 36 heavy (non-hydrogen) atoms. The molecule has 2 aromatic carbocycles. The molecule has 3 nitrogen and oxygen atoms in total. The predicted molar refractivity (Wildman–Crippen MR) is 141 cm³/mol. The lowest BCUT2D eigenvalue weighted by Gasteiger charge is -2.37. The minimum Gasteiger partial charge on any atom is -0.334 e. The molecule has 2 heterocycles. The van der Waals surface area contributed by atoms with E-state index in [9.17, 15) is 13.6 Å². The molecule has 0 saturated heterocycles. The topological polar surface area (TPSA) is 33.2 Å². The van der Waals surface area contributed by atoms with Crippen LogP contribution < -0.4 is 0 Å². The van der Waals surface area contributed by atoms with Crippen LogP contribution in [-0.2, 0) is 17.8 Å². The summed E-state index contributed by atoms with van der Waals surface area (Å²) < 4.78 is 29.1. The number of rotatable bonds is 6. The molecule has 1 aliphatic heterocycles. The van der Waals surface area contributed by atoms with Crippen molar-refractivity contribution in [3.8, 4) is 11.1 Å². The van der Waals surface area contributed by atoms with Crippen molar-refractivity contribution < 1.29 is 13.6 Å². The fourth-order valence-electron chi connectivity index (χ4n) is 5.41. The number of pyridine rings is 1. The Hall–Kier alpha value is -2.44. The summed E-state index contributed by atoms with van der Waals surface area (Å²) >= 11 is 7.71. The second-order valence-corrected chi connectivity index (χ2v) is 11.2. The number of halogens is 3. The average Bonchev–Trinajstić information content (AvgIpc) is 3.28. The lowest BCUT2D eigenvalue weighted by molar-refractivity contribution is -0.134. The number of benzene rings is 2. The van der Waals surface area contributed by atoms with Crippen molar-refractivity contribution in [2.75, 3.05) is 0 Å². The van der Waals surface area contributed by atoms with E-state index >= 15 is 0 Å². The summed E-state index contributed by atoms with van der Waals surface area (Å²) in [6, 6.07) is 12.6. The van der Waals surface area contributed by atoms with Crippen molar-refractivity contribution in [1.82, 2.24) is 9.88 Å². The summed E-state index contributed by atoms with van der Waals surface area (Å²) in [7, 11) is 0. The molecule has 1 amide bonds. The monoisotopic (exact) mass is 526 g/mol. The van der Waals surface area contributed by atoms with Crippen molar-refractivity contribution in [3.05, 3.63) is 83.2 Å². The van der Waals surface area contributed by atoms with E-state index < -0.39 is 22.3 Å². The SMILES string of the molecule is CCc1ccc(-c2ccncc2)cc1CN(C(=O)C1Sc2c(F)ccc(F)c2C1Cl)C1CCCCC1. The number of nitrogens with zero attached hydrogens (tertiary/aromatic N) is 2. The first kappa shape index (κ1) is 25.2. The van der Waals surface area contributed by atoms with Crippen LogP contribution in [-0.4, -0.2) is 27.1 Å². The third-order valence-corrected chi connectivity index (χ3v) is 9.36. The second kappa shape index (κ2) is 10.9. The van der Waals surface area contributed by atoms with Gasteiger partial charge in [0.25, 0.3) is 0 Å². The standard InChI is InChI=1S/C29H29ClF2N2OS/c1-2-18-8-9-20(19-12-14-33-15-13-19)16-21(18)17-34(22-6-4-3-5-7-22)29(35)28-26(30)25-23(31)10-11-24(32)27(25)36-28/h8-16,22,26,28H,2-7,17H2,1H3. The third-order valence-electron chi connectivity index (χ3n) is 7.36. The molecule has 2 unspecified atom stereocenters. The first-order valence-corrected chi connectivity index (χ1v) is 13.9. The first-order chi connectivity index (χ1) is 17.5. The van der Waals surface area contributed by atoms with Crippen molar-refractivity contribution in [3.63, 3.8) is 0 Å². The summed E-state index contributed by atoms with van der Waals surface area (Å²) in [5.74, 6) is -1.23. The number of alkyl halides is 1. The molecule has 5 rings (SSSR count). The maximum atomic E-state index is 14.6. The van der Waals surface area contributed by atoms with Gasteiger partial charge in [0.15, 0.2) is 0 Å². The van der Waals surface area contributed by atoms with Gasteiger partial charge < -0.3 is 4.90 Å². The van der Waals surface area contributed by atoms with Crippen LogP contribution in [0.25, 0.3) is 11.1 Å². The van der Waals surface area contributed by atoms with Gasteiger partial charge in [-0.3, -0.25) is 9.78 Å². The van der Waals surface area contributed by atoms with Crippen molar-refractivity contribution in [2.45, 2.75) is 73.6 Å². The van der Waals surface area contributed by atoms with E-state index in [4.69, 9.17) is 11.6 Å². The maximum absolute atomic E-state index is 14.6. The lowest BCUT2D eigenvalue weighted by atomic mass is 9.92. The Morgan fingerprint density at radius 3 is 2.42 bits per heavy atom. The number of hydrogen-bond acceptors (Lipinski definition) is 3. The zero-order chi connectivity index (χ0) is 25.2. The summed E-state index contributed by atoms with van der Waals surface area (Å²) in [5.41, 5.74) is 4.52. The molecule has 0 radical (unpaired) electrons. The van der Waals surface area contributed by atoms with Gasteiger partial charge in [-0.15, -0.1) is 23.4 Å². The third kappa shape index (κ3) is 4.90. The van der Waals surface area contributed by atoms with Crippen LogP contribution in [0, 0.1) is 11.6 Å². The molecule has 0 N–H and O–H groups in total. The number of hydrogen-bond donors (Lipinski definition) is 0. The minimum atomic E-state index is -0.909. The molecular formula is C29H29ClF2N2OS. The van der Waals surface area contributed by atoms with Gasteiger partial charge in [0, 0.05) is 30.5 Å². The van der Waals surface area contributed by atoms with Gasteiger partial charge in [-0.05, 0) is 71.8 Å². The fourth-order valence-corrected chi connectivity index (χ4v) is 7.23. The minimum absolute atomic E-state index is 0.0865. The zero-order valence-electron chi connectivity index (χ0n) is 20.2. The van der Waals surface area contributed by atoms with Crippen LogP contribution in [0.5, 0.6) is 0 Å². The van der Waals surface area contributed by atoms with E-state index in [1.807, 2.05) is 17.0 Å². The fraction of sp³-hybridized carbons (Fsp3) is 0.379. The van der Waals surface area contributed by atoms with Gasteiger partial charge in [-0.25, -0.2) is 8.78 Å². The summed E-state index contributed by atoms with van der Waals surface area (Å²) in [5, 5.41) is -1.67. The molecule has 0 spiro atoms. The van der Waals surface area contributed by atoms with Crippen LogP contribution in [0.1, 0.15) is 61.1 Å². The number of aryl methyl sites for hydroxylation is 1. The molecule has 1 saturated carbocycles. The van der Waals surface area contributed by atoms with Gasteiger partial charge in [-0.1, -0.05) is 38.3 Å². The Bertz CT molecular complexity index is 1250. The van der Waals surface area contributed by atoms with Gasteiger partial charge in [0.1, 0.15) is 16.9 Å². The van der Waals surface area contributed by atoms with E-state index in [0.29, 0.717) is 6.54 Å². The van der Waals surface area contributed by atoms with Crippen LogP contribution in [0.3, 0.4) is 0 Å². The number of thioether (sulfide) groups is 1. The van der Waals surface area contributed by atoms with Gasteiger partial charge in [0.05, 0.1) is 10.3 Å². The van der Waals surface area contributed by atoms with Gasteiger partial charge >= 0.3 is 0 Å². The summed E-state index contributed by atoms with van der Waals surface area (Å²) in [6.45, 7) is 2.56. The number of amides is 1. The van der Waals surface area contributed by atoms with Gasteiger partial charge in [-0.2, -0.15) is 0 Å². The van der Waals surface area contributed by atoms with Gasteiger partial charge in [0.2, 0.25) is 5.91 Å².